The van der Waals surface area contributed by atoms with Crippen molar-refractivity contribution in [1.29, 1.82) is 0 Å². The number of nitrogens with one attached hydrogen (secondary N) is 1. The highest BCUT2D eigenvalue weighted by atomic mass is 32.2. The Kier molecular flexibility index (Phi) is 7.15. The summed E-state index contributed by atoms with van der Waals surface area (Å²) in [7, 11) is 6.37. The second kappa shape index (κ2) is 10.0. The lowest BCUT2D eigenvalue weighted by Crippen LogP contribution is -2.14. The van der Waals surface area contributed by atoms with Gasteiger partial charge in [-0.25, -0.2) is 0 Å². The molecule has 0 fully saturated rings. The molecular formula is C20H21N5O6S. The van der Waals surface area contributed by atoms with Crippen molar-refractivity contribution in [3.05, 3.63) is 46.5 Å². The predicted octanol–water partition coefficient (Wildman–Crippen LogP) is 3.15. The van der Waals surface area contributed by atoms with E-state index in [9.17, 15) is 14.9 Å². The number of nitro benzene ring substituents is 1. The third kappa shape index (κ3) is 4.91. The molecule has 32 heavy (non-hydrogen) atoms. The van der Waals surface area contributed by atoms with Gasteiger partial charge in [0.15, 0.2) is 22.5 Å². The van der Waals surface area contributed by atoms with E-state index in [-0.39, 0.29) is 17.3 Å². The van der Waals surface area contributed by atoms with E-state index in [0.717, 1.165) is 0 Å². The Bertz CT molecular complexity index is 1110. The van der Waals surface area contributed by atoms with Gasteiger partial charge in [-0.1, -0.05) is 11.8 Å². The number of nitro groups is 1. The Morgan fingerprint density at radius 2 is 1.72 bits per heavy atom. The Labute approximate surface area is 187 Å². The number of hydrogen-bond donors (Lipinski definition) is 1. The van der Waals surface area contributed by atoms with Crippen LogP contribution >= 0.6 is 11.8 Å². The average Bonchev–Trinajstić information content (AvgIpc) is 3.17. The molecule has 0 saturated heterocycles. The van der Waals surface area contributed by atoms with E-state index in [1.54, 1.807) is 23.7 Å². The SMILES string of the molecule is COc1cc(-c2nnc(SCC(=O)Nc3ccc([N+](=O)[O-])cc3)n2C)cc(OC)c1OC. The molecule has 0 saturated carbocycles. The van der Waals surface area contributed by atoms with E-state index >= 15 is 0 Å². The van der Waals surface area contributed by atoms with Crippen LogP contribution in [0, 0.1) is 10.1 Å². The summed E-state index contributed by atoms with van der Waals surface area (Å²) in [6.45, 7) is 0. The van der Waals surface area contributed by atoms with Gasteiger partial charge in [-0.2, -0.15) is 0 Å². The number of methoxy groups -OCH3 is 3. The molecule has 1 heterocycles. The van der Waals surface area contributed by atoms with Gasteiger partial charge in [0.2, 0.25) is 11.7 Å². The molecule has 0 aliphatic carbocycles. The molecule has 3 aromatic rings. The van der Waals surface area contributed by atoms with Gasteiger partial charge in [-0.3, -0.25) is 14.9 Å². The zero-order valence-electron chi connectivity index (χ0n) is 17.8. The van der Waals surface area contributed by atoms with Crippen LogP contribution in [0.25, 0.3) is 11.4 Å². The number of benzene rings is 2. The van der Waals surface area contributed by atoms with Gasteiger partial charge < -0.3 is 24.1 Å². The Hall–Kier alpha value is -3.80. The van der Waals surface area contributed by atoms with E-state index in [1.165, 1.54) is 57.4 Å². The zero-order valence-corrected chi connectivity index (χ0v) is 18.6. The summed E-state index contributed by atoms with van der Waals surface area (Å²) in [4.78, 5) is 22.5. The molecule has 0 bridgehead atoms. The molecule has 0 unspecified atom stereocenters. The molecule has 0 spiro atoms. The number of hydrogen-bond acceptors (Lipinski definition) is 9. The first-order valence-electron chi connectivity index (χ1n) is 9.24. The van der Waals surface area contributed by atoms with E-state index in [2.05, 4.69) is 15.5 Å². The lowest BCUT2D eigenvalue weighted by molar-refractivity contribution is -0.384. The highest BCUT2D eigenvalue weighted by molar-refractivity contribution is 7.99. The first-order valence-corrected chi connectivity index (χ1v) is 10.2. The number of carbonyl (C=O) groups excluding carboxylic acids is 1. The number of thioether (sulfide) groups is 1. The molecule has 0 aliphatic heterocycles. The van der Waals surface area contributed by atoms with E-state index < -0.39 is 4.92 Å². The normalized spacial score (nSPS) is 10.5. The Balaban J connectivity index is 1.71. The molecule has 1 aromatic heterocycles. The second-order valence-electron chi connectivity index (χ2n) is 6.42. The third-order valence-electron chi connectivity index (χ3n) is 4.45. The lowest BCUT2D eigenvalue weighted by Gasteiger charge is -2.14. The molecule has 0 atom stereocenters. The summed E-state index contributed by atoms with van der Waals surface area (Å²) in [5.74, 6) is 1.81. The number of nitrogens with zero attached hydrogens (tertiary/aromatic N) is 4. The molecule has 168 valence electrons. The topological polar surface area (TPSA) is 131 Å². The minimum atomic E-state index is -0.499. The van der Waals surface area contributed by atoms with Crippen molar-refractivity contribution < 1.29 is 23.9 Å². The van der Waals surface area contributed by atoms with Crippen molar-refractivity contribution in [3.63, 3.8) is 0 Å². The number of ether oxygens (including phenoxy) is 3. The second-order valence-corrected chi connectivity index (χ2v) is 7.36. The first kappa shape index (κ1) is 22.9. The minimum Gasteiger partial charge on any atom is -0.493 e. The van der Waals surface area contributed by atoms with Gasteiger partial charge >= 0.3 is 0 Å². The van der Waals surface area contributed by atoms with Crippen LogP contribution < -0.4 is 19.5 Å². The predicted molar refractivity (Wildman–Crippen MR) is 119 cm³/mol. The van der Waals surface area contributed by atoms with Crippen LogP contribution in [0.2, 0.25) is 0 Å². The number of amides is 1. The number of anilines is 1. The number of aromatic nitrogens is 3. The van der Waals surface area contributed by atoms with Crippen LogP contribution in [0.3, 0.4) is 0 Å². The lowest BCUT2D eigenvalue weighted by atomic mass is 10.1. The fourth-order valence-corrected chi connectivity index (χ4v) is 3.61. The maximum atomic E-state index is 12.3. The van der Waals surface area contributed by atoms with Crippen LogP contribution in [-0.4, -0.2) is 52.7 Å². The smallest absolute Gasteiger partial charge is 0.269 e. The largest absolute Gasteiger partial charge is 0.493 e. The molecule has 0 radical (unpaired) electrons. The maximum absolute atomic E-state index is 12.3. The first-order chi connectivity index (χ1) is 15.4. The number of non-ortho nitro benzene ring substituents is 1. The Morgan fingerprint density at radius 3 is 2.25 bits per heavy atom. The molecule has 12 heteroatoms. The Morgan fingerprint density at radius 1 is 1.09 bits per heavy atom. The molecular weight excluding hydrogens is 438 g/mol. The van der Waals surface area contributed by atoms with Crippen LogP contribution in [-0.2, 0) is 11.8 Å². The highest BCUT2D eigenvalue weighted by Gasteiger charge is 2.19. The molecule has 3 rings (SSSR count). The molecule has 1 amide bonds. The van der Waals surface area contributed by atoms with Crippen molar-refractivity contribution in [3.8, 4) is 28.6 Å². The van der Waals surface area contributed by atoms with Crippen LogP contribution in [0.1, 0.15) is 0 Å². The monoisotopic (exact) mass is 459 g/mol. The highest BCUT2D eigenvalue weighted by Crippen LogP contribution is 2.41. The maximum Gasteiger partial charge on any atom is 0.269 e. The van der Waals surface area contributed by atoms with Crippen molar-refractivity contribution in [2.45, 2.75) is 5.16 Å². The standard InChI is InChI=1S/C20H21N5O6S/c1-24-19(12-9-15(29-2)18(31-4)16(10-12)30-3)22-23-20(24)32-11-17(26)21-13-5-7-14(8-6-13)25(27)28/h5-10H,11H2,1-4H3,(H,21,26). The molecule has 0 aliphatic rings. The summed E-state index contributed by atoms with van der Waals surface area (Å²) in [6, 6.07) is 9.14. The van der Waals surface area contributed by atoms with Crippen LogP contribution in [0.4, 0.5) is 11.4 Å². The van der Waals surface area contributed by atoms with Gasteiger partial charge in [-0.15, -0.1) is 10.2 Å². The van der Waals surface area contributed by atoms with Crippen molar-refractivity contribution in [2.75, 3.05) is 32.4 Å². The van der Waals surface area contributed by atoms with Crippen LogP contribution in [0.15, 0.2) is 41.6 Å². The summed E-state index contributed by atoms with van der Waals surface area (Å²) in [5, 5.41) is 22.3. The van der Waals surface area contributed by atoms with E-state index in [4.69, 9.17) is 14.2 Å². The van der Waals surface area contributed by atoms with Gasteiger partial charge in [-0.05, 0) is 24.3 Å². The number of carbonyl (C=O) groups is 1. The molecule has 2 aromatic carbocycles. The molecule has 1 N–H and O–H groups in total. The van der Waals surface area contributed by atoms with Gasteiger partial charge in [0, 0.05) is 30.4 Å². The van der Waals surface area contributed by atoms with Crippen molar-refractivity contribution in [1.82, 2.24) is 14.8 Å². The van der Waals surface area contributed by atoms with Gasteiger partial charge in [0.25, 0.3) is 5.69 Å². The van der Waals surface area contributed by atoms with E-state index in [0.29, 0.717) is 39.5 Å². The fraction of sp³-hybridized carbons (Fsp3) is 0.250. The zero-order chi connectivity index (χ0) is 23.3. The summed E-state index contributed by atoms with van der Waals surface area (Å²) in [5.41, 5.74) is 1.13. The van der Waals surface area contributed by atoms with E-state index in [1.807, 2.05) is 0 Å². The van der Waals surface area contributed by atoms with Gasteiger partial charge in [0.1, 0.15) is 0 Å². The summed E-state index contributed by atoms with van der Waals surface area (Å²) < 4.78 is 17.9. The average molecular weight is 459 g/mol. The third-order valence-corrected chi connectivity index (χ3v) is 5.47. The van der Waals surface area contributed by atoms with Crippen LogP contribution in [0.5, 0.6) is 17.2 Å². The minimum absolute atomic E-state index is 0.0456. The fourth-order valence-electron chi connectivity index (χ4n) is 2.90. The summed E-state index contributed by atoms with van der Waals surface area (Å²) in [6.07, 6.45) is 0. The molecule has 11 nitrogen and oxygen atoms in total. The van der Waals surface area contributed by atoms with Gasteiger partial charge in [0.05, 0.1) is 32.0 Å². The quantitative estimate of drug-likeness (QED) is 0.291. The summed E-state index contributed by atoms with van der Waals surface area (Å²) >= 11 is 1.21. The number of rotatable bonds is 9. The van der Waals surface area contributed by atoms with Crippen molar-refractivity contribution >= 4 is 29.0 Å². The van der Waals surface area contributed by atoms with Crippen molar-refractivity contribution in [2.24, 2.45) is 7.05 Å².